The molecule has 152 valence electrons. The first-order chi connectivity index (χ1) is 15.1. The summed E-state index contributed by atoms with van der Waals surface area (Å²) in [5.74, 6) is 0.653. The summed E-state index contributed by atoms with van der Waals surface area (Å²) < 4.78 is 35.3. The molecule has 5 nitrogen and oxygen atoms in total. The van der Waals surface area contributed by atoms with E-state index < -0.39 is 21.8 Å². The van der Waals surface area contributed by atoms with Crippen LogP contribution < -0.4 is 9.46 Å². The number of ether oxygens (including phenoxy) is 1. The normalized spacial score (nSPS) is 24.5. The molecule has 0 bridgehead atoms. The maximum Gasteiger partial charge on any atom is 0.242 e. The van der Waals surface area contributed by atoms with Crippen molar-refractivity contribution in [2.24, 2.45) is 4.99 Å². The van der Waals surface area contributed by atoms with E-state index in [0.717, 1.165) is 27.8 Å². The molecule has 4 aliphatic rings. The Morgan fingerprint density at radius 3 is 2.61 bits per heavy atom. The van der Waals surface area contributed by atoms with E-state index in [1.165, 1.54) is 0 Å². The standard InChI is InChI=1S/C25H18N2O3S/c28-31(29,21-10-2-1-3-11-21)27-24-22-18(16-26-24)13-12-17-15-20-9-6-8-19-7-4-5-14-25(19,20)30-23(17)22/h1-16,24,27H. The third-order valence-corrected chi connectivity index (χ3v) is 7.34. The number of nitrogens with one attached hydrogen (secondary N) is 1. The van der Waals surface area contributed by atoms with Gasteiger partial charge in [-0.2, -0.15) is 4.72 Å². The van der Waals surface area contributed by atoms with Gasteiger partial charge in [0, 0.05) is 34.1 Å². The van der Waals surface area contributed by atoms with Crippen LogP contribution in [0.2, 0.25) is 0 Å². The van der Waals surface area contributed by atoms with Gasteiger partial charge in [0.05, 0.1) is 4.90 Å². The summed E-state index contributed by atoms with van der Waals surface area (Å²) in [6.45, 7) is 0. The van der Waals surface area contributed by atoms with Gasteiger partial charge in [0.15, 0.2) is 5.60 Å². The molecular weight excluding hydrogens is 408 g/mol. The zero-order valence-electron chi connectivity index (χ0n) is 16.4. The SMILES string of the molecule is O=S(=O)(NC1N=Cc2ccc3c(c21)OC12C=CC=CC1=CC=CC2=C3)c1ccccc1. The zero-order chi connectivity index (χ0) is 21.1. The monoisotopic (exact) mass is 426 g/mol. The van der Waals surface area contributed by atoms with Gasteiger partial charge in [-0.15, -0.1) is 0 Å². The summed E-state index contributed by atoms with van der Waals surface area (Å²) in [5.41, 5.74) is 3.85. The zero-order valence-corrected chi connectivity index (χ0v) is 17.2. The van der Waals surface area contributed by atoms with Gasteiger partial charge in [-0.3, -0.25) is 4.99 Å². The molecule has 1 N–H and O–H groups in total. The maximum atomic E-state index is 12.9. The summed E-state index contributed by atoms with van der Waals surface area (Å²) in [4.78, 5) is 4.65. The highest BCUT2D eigenvalue weighted by Gasteiger charge is 2.43. The predicted molar refractivity (Wildman–Crippen MR) is 120 cm³/mol. The third-order valence-electron chi connectivity index (χ3n) is 5.92. The molecule has 31 heavy (non-hydrogen) atoms. The highest BCUT2D eigenvalue weighted by Crippen LogP contribution is 2.48. The topological polar surface area (TPSA) is 67.8 Å². The Morgan fingerprint density at radius 2 is 1.74 bits per heavy atom. The van der Waals surface area contributed by atoms with Crippen LogP contribution >= 0.6 is 0 Å². The Bertz CT molecular complexity index is 1400. The van der Waals surface area contributed by atoms with Gasteiger partial charge in [0.25, 0.3) is 0 Å². The van der Waals surface area contributed by atoms with E-state index in [9.17, 15) is 8.42 Å². The van der Waals surface area contributed by atoms with E-state index in [-0.39, 0.29) is 4.90 Å². The van der Waals surface area contributed by atoms with Crippen LogP contribution in [0.5, 0.6) is 5.75 Å². The second-order valence-corrected chi connectivity index (χ2v) is 9.45. The average molecular weight is 426 g/mol. The Morgan fingerprint density at radius 1 is 0.935 bits per heavy atom. The lowest BCUT2D eigenvalue weighted by Gasteiger charge is -2.41. The molecule has 2 aromatic rings. The van der Waals surface area contributed by atoms with Crippen molar-refractivity contribution in [3.05, 3.63) is 113 Å². The molecule has 0 amide bonds. The number of aliphatic imine (C=N–C) groups is 1. The predicted octanol–water partition coefficient (Wildman–Crippen LogP) is 4.23. The van der Waals surface area contributed by atoms with Gasteiger partial charge < -0.3 is 4.74 Å². The van der Waals surface area contributed by atoms with E-state index in [1.54, 1.807) is 36.5 Å². The van der Waals surface area contributed by atoms with Gasteiger partial charge in [-0.25, -0.2) is 8.42 Å². The number of fused-ring (bicyclic) bond motifs is 3. The highest BCUT2D eigenvalue weighted by atomic mass is 32.2. The van der Waals surface area contributed by atoms with Gasteiger partial charge in [0.2, 0.25) is 10.0 Å². The molecular formula is C25H18N2O3S. The summed E-state index contributed by atoms with van der Waals surface area (Å²) >= 11 is 0. The Labute approximate surface area is 180 Å². The molecule has 1 spiro atoms. The third kappa shape index (κ3) is 2.72. The van der Waals surface area contributed by atoms with Crippen molar-refractivity contribution in [2.75, 3.05) is 0 Å². The molecule has 2 aliphatic carbocycles. The van der Waals surface area contributed by atoms with Gasteiger partial charge >= 0.3 is 0 Å². The molecule has 2 unspecified atom stereocenters. The molecule has 2 aromatic carbocycles. The molecule has 2 heterocycles. The Kier molecular flexibility index (Phi) is 3.84. The van der Waals surface area contributed by atoms with E-state index in [4.69, 9.17) is 4.74 Å². The van der Waals surface area contributed by atoms with Crippen molar-refractivity contribution in [2.45, 2.75) is 16.7 Å². The van der Waals surface area contributed by atoms with E-state index in [0.29, 0.717) is 5.75 Å². The van der Waals surface area contributed by atoms with Crippen LogP contribution in [0, 0.1) is 0 Å². The van der Waals surface area contributed by atoms with E-state index in [1.807, 2.05) is 48.6 Å². The first kappa shape index (κ1) is 18.3. The molecule has 0 aromatic heterocycles. The molecule has 0 fully saturated rings. The van der Waals surface area contributed by atoms with Crippen molar-refractivity contribution in [3.63, 3.8) is 0 Å². The minimum Gasteiger partial charge on any atom is -0.473 e. The van der Waals surface area contributed by atoms with E-state index in [2.05, 4.69) is 21.9 Å². The lowest BCUT2D eigenvalue weighted by Crippen LogP contribution is -2.41. The van der Waals surface area contributed by atoms with Crippen molar-refractivity contribution in [1.29, 1.82) is 0 Å². The number of hydrogen-bond donors (Lipinski definition) is 1. The Hall–Kier alpha value is -3.48. The van der Waals surface area contributed by atoms with Gasteiger partial charge in [0.1, 0.15) is 11.9 Å². The summed E-state index contributed by atoms with van der Waals surface area (Å²) in [7, 11) is -3.74. The molecule has 2 aliphatic heterocycles. The minimum absolute atomic E-state index is 0.202. The molecule has 0 saturated carbocycles. The highest BCUT2D eigenvalue weighted by molar-refractivity contribution is 7.89. The second-order valence-electron chi connectivity index (χ2n) is 7.74. The van der Waals surface area contributed by atoms with Crippen LogP contribution in [-0.4, -0.2) is 20.2 Å². The van der Waals surface area contributed by atoms with Crippen molar-refractivity contribution in [3.8, 4) is 5.75 Å². The fourth-order valence-electron chi connectivity index (χ4n) is 4.41. The maximum absolute atomic E-state index is 12.9. The van der Waals surface area contributed by atoms with Gasteiger partial charge in [-0.05, 0) is 24.3 Å². The lowest BCUT2D eigenvalue weighted by atomic mass is 9.77. The average Bonchev–Trinajstić information content (AvgIpc) is 3.19. The molecule has 2 atom stereocenters. The number of nitrogens with zero attached hydrogens (tertiary/aromatic N) is 1. The first-order valence-electron chi connectivity index (χ1n) is 10.0. The van der Waals surface area contributed by atoms with Crippen LogP contribution in [0.3, 0.4) is 0 Å². The number of allylic oxidation sites excluding steroid dienone is 4. The molecule has 0 radical (unpaired) electrons. The minimum atomic E-state index is -3.74. The van der Waals surface area contributed by atoms with Crippen LogP contribution in [0.1, 0.15) is 22.9 Å². The van der Waals surface area contributed by atoms with Crippen LogP contribution in [0.4, 0.5) is 0 Å². The molecule has 0 saturated heterocycles. The summed E-state index contributed by atoms with van der Waals surface area (Å²) in [6, 6.07) is 12.3. The van der Waals surface area contributed by atoms with Crippen LogP contribution in [0.25, 0.3) is 6.08 Å². The fourth-order valence-corrected chi connectivity index (χ4v) is 5.54. The first-order valence-corrected chi connectivity index (χ1v) is 11.5. The fraction of sp³-hybridized carbons (Fsp3) is 0.0800. The molecule has 6 heteroatoms. The largest absolute Gasteiger partial charge is 0.473 e. The van der Waals surface area contributed by atoms with Crippen LogP contribution in [-0.2, 0) is 10.0 Å². The van der Waals surface area contributed by atoms with Crippen molar-refractivity contribution >= 4 is 22.3 Å². The van der Waals surface area contributed by atoms with Crippen molar-refractivity contribution < 1.29 is 13.2 Å². The number of rotatable bonds is 3. The quantitative estimate of drug-likeness (QED) is 0.799. The number of benzene rings is 2. The van der Waals surface area contributed by atoms with Gasteiger partial charge in [-0.1, -0.05) is 66.8 Å². The molecule has 6 rings (SSSR count). The number of sulfonamides is 1. The summed E-state index contributed by atoms with van der Waals surface area (Å²) in [5, 5.41) is 0. The number of hydrogen-bond acceptors (Lipinski definition) is 4. The van der Waals surface area contributed by atoms with Crippen molar-refractivity contribution in [1.82, 2.24) is 4.72 Å². The Balaban J connectivity index is 1.45. The second kappa shape index (κ2) is 6.51. The summed E-state index contributed by atoms with van der Waals surface area (Å²) in [6.07, 6.45) is 17.2. The lowest BCUT2D eigenvalue weighted by molar-refractivity contribution is 0.195. The van der Waals surface area contributed by atoms with Crippen LogP contribution in [0.15, 0.2) is 106 Å². The smallest absolute Gasteiger partial charge is 0.242 e. The van der Waals surface area contributed by atoms with E-state index >= 15 is 0 Å².